The molecule has 0 aliphatic heterocycles. The number of amides is 1. The summed E-state index contributed by atoms with van der Waals surface area (Å²) in [6.07, 6.45) is 0. The Kier molecular flexibility index (Phi) is 5.16. The number of hydrogen-bond donors (Lipinski definition) is 1. The Morgan fingerprint density at radius 2 is 1.73 bits per heavy atom. The zero-order valence-corrected chi connectivity index (χ0v) is 15.3. The van der Waals surface area contributed by atoms with E-state index < -0.39 is 0 Å². The smallest absolute Gasteiger partial charge is 0.274 e. The molecule has 0 radical (unpaired) electrons. The fourth-order valence-corrected chi connectivity index (χ4v) is 2.84. The normalized spacial score (nSPS) is 11.1. The van der Waals surface area contributed by atoms with Gasteiger partial charge in [-0.1, -0.05) is 61.9 Å². The highest BCUT2D eigenvalue weighted by atomic mass is 16.2. The first kappa shape index (κ1) is 17.9. The molecule has 0 unspecified atom stereocenters. The second kappa shape index (κ2) is 7.52. The number of carbonyl (C=O) groups excluding carboxylic acids is 1. The zero-order valence-electron chi connectivity index (χ0n) is 15.3. The van der Waals surface area contributed by atoms with Gasteiger partial charge in [0.1, 0.15) is 0 Å². The minimum Gasteiger partial charge on any atom is -0.347 e. The van der Waals surface area contributed by atoms with Crippen LogP contribution in [0.2, 0.25) is 0 Å². The summed E-state index contributed by atoms with van der Waals surface area (Å²) in [5.74, 6) is -0.0240. The molecule has 3 aromatic rings. The van der Waals surface area contributed by atoms with Gasteiger partial charge in [0.2, 0.25) is 0 Å². The Balaban J connectivity index is 1.94. The molecule has 1 N–H and O–H groups in total. The number of aromatic nitrogens is 2. The van der Waals surface area contributed by atoms with Crippen molar-refractivity contribution in [2.75, 3.05) is 0 Å². The first-order valence-electron chi connectivity index (χ1n) is 8.79. The van der Waals surface area contributed by atoms with Crippen molar-refractivity contribution >= 4 is 16.7 Å². The van der Waals surface area contributed by atoms with Crippen LogP contribution in [0.1, 0.15) is 35.5 Å². The predicted molar refractivity (Wildman–Crippen MR) is 103 cm³/mol. The van der Waals surface area contributed by atoms with Gasteiger partial charge in [0, 0.05) is 18.5 Å². The van der Waals surface area contributed by atoms with Gasteiger partial charge >= 0.3 is 0 Å². The lowest BCUT2D eigenvalue weighted by atomic mass is 10.1. The number of nitrogens with one attached hydrogen (secondary N) is 1. The van der Waals surface area contributed by atoms with Crippen LogP contribution in [0.3, 0.4) is 0 Å². The third kappa shape index (κ3) is 3.82. The van der Waals surface area contributed by atoms with E-state index in [0.717, 1.165) is 5.56 Å². The minimum absolute atomic E-state index is 0.163. The zero-order chi connectivity index (χ0) is 18.7. The molecule has 2 aromatic carbocycles. The van der Waals surface area contributed by atoms with Crippen molar-refractivity contribution in [1.29, 1.82) is 0 Å². The van der Waals surface area contributed by atoms with Gasteiger partial charge in [0.05, 0.1) is 5.39 Å². The molecule has 5 heteroatoms. The largest absolute Gasteiger partial charge is 0.347 e. The molecule has 1 aromatic heterocycles. The van der Waals surface area contributed by atoms with Crippen molar-refractivity contribution in [1.82, 2.24) is 15.1 Å². The lowest BCUT2D eigenvalue weighted by Gasteiger charge is -2.12. The lowest BCUT2D eigenvalue weighted by molar-refractivity contribution is 0.0945. The van der Waals surface area contributed by atoms with Crippen LogP contribution >= 0.6 is 0 Å². The highest BCUT2D eigenvalue weighted by molar-refractivity contribution is 6.04. The van der Waals surface area contributed by atoms with Crippen molar-refractivity contribution in [3.05, 3.63) is 75.7 Å². The summed E-state index contributed by atoms with van der Waals surface area (Å²) in [6, 6.07) is 15.1. The molecule has 0 saturated carbocycles. The van der Waals surface area contributed by atoms with Crippen LogP contribution < -0.4 is 10.9 Å². The van der Waals surface area contributed by atoms with E-state index in [1.54, 1.807) is 18.2 Å². The number of aryl methyl sites for hydroxylation is 1. The first-order valence-corrected chi connectivity index (χ1v) is 8.79. The molecule has 0 bridgehead atoms. The first-order chi connectivity index (χ1) is 12.5. The Labute approximate surface area is 152 Å². The minimum atomic E-state index is -0.278. The molecular weight excluding hydrogens is 326 g/mol. The molecule has 0 saturated heterocycles. The quantitative estimate of drug-likeness (QED) is 0.769. The number of rotatable bonds is 5. The maximum Gasteiger partial charge on any atom is 0.274 e. The molecule has 0 aliphatic carbocycles. The second-order valence-corrected chi connectivity index (χ2v) is 6.94. The molecule has 5 nitrogen and oxygen atoms in total. The van der Waals surface area contributed by atoms with E-state index in [4.69, 9.17) is 0 Å². The third-order valence-electron chi connectivity index (χ3n) is 4.19. The standard InChI is InChI=1S/C21H23N3O2/c1-14(2)13-24-21(26)18-7-5-4-6-17(18)19(23-24)20(25)22-12-16-10-8-15(3)9-11-16/h4-11,14H,12-13H2,1-3H3,(H,22,25). The van der Waals surface area contributed by atoms with Crippen LogP contribution in [0.5, 0.6) is 0 Å². The fraction of sp³-hybridized carbons (Fsp3) is 0.286. The number of hydrogen-bond acceptors (Lipinski definition) is 3. The summed E-state index contributed by atoms with van der Waals surface area (Å²) in [4.78, 5) is 25.4. The predicted octanol–water partition coefficient (Wildman–Crippen LogP) is 3.29. The Hall–Kier alpha value is -2.95. The van der Waals surface area contributed by atoms with Gasteiger partial charge in [-0.15, -0.1) is 0 Å². The summed E-state index contributed by atoms with van der Waals surface area (Å²) in [5.41, 5.74) is 2.31. The van der Waals surface area contributed by atoms with Crippen LogP contribution in [0.15, 0.2) is 53.3 Å². The van der Waals surface area contributed by atoms with Crippen molar-refractivity contribution in [2.24, 2.45) is 5.92 Å². The van der Waals surface area contributed by atoms with Crippen molar-refractivity contribution in [3.63, 3.8) is 0 Å². The third-order valence-corrected chi connectivity index (χ3v) is 4.19. The highest BCUT2D eigenvalue weighted by Crippen LogP contribution is 2.14. The molecular formula is C21H23N3O2. The van der Waals surface area contributed by atoms with E-state index in [9.17, 15) is 9.59 Å². The van der Waals surface area contributed by atoms with Crippen molar-refractivity contribution in [3.8, 4) is 0 Å². The molecule has 26 heavy (non-hydrogen) atoms. The van der Waals surface area contributed by atoms with Gasteiger partial charge in [0.25, 0.3) is 11.5 Å². The van der Waals surface area contributed by atoms with Gasteiger partial charge in [-0.25, -0.2) is 4.68 Å². The van der Waals surface area contributed by atoms with Crippen LogP contribution in [0.4, 0.5) is 0 Å². The highest BCUT2D eigenvalue weighted by Gasteiger charge is 2.16. The van der Waals surface area contributed by atoms with Gasteiger partial charge in [-0.05, 0) is 24.5 Å². The number of fused-ring (bicyclic) bond motifs is 1. The van der Waals surface area contributed by atoms with E-state index in [2.05, 4.69) is 10.4 Å². The Morgan fingerprint density at radius 3 is 2.38 bits per heavy atom. The molecule has 134 valence electrons. The lowest BCUT2D eigenvalue weighted by Crippen LogP contribution is -2.31. The monoisotopic (exact) mass is 349 g/mol. The van der Waals surface area contributed by atoms with Gasteiger partial charge < -0.3 is 5.32 Å². The maximum atomic E-state index is 12.8. The SMILES string of the molecule is Cc1ccc(CNC(=O)c2nn(CC(C)C)c(=O)c3ccccc23)cc1. The molecule has 3 rings (SSSR count). The summed E-state index contributed by atoms with van der Waals surface area (Å²) in [6.45, 7) is 6.94. The molecule has 0 atom stereocenters. The van der Waals surface area contributed by atoms with Gasteiger partial charge in [-0.3, -0.25) is 9.59 Å². The number of nitrogens with zero attached hydrogens (tertiary/aromatic N) is 2. The van der Waals surface area contributed by atoms with Gasteiger partial charge in [-0.2, -0.15) is 5.10 Å². The summed E-state index contributed by atoms with van der Waals surface area (Å²) >= 11 is 0. The van der Waals surface area contributed by atoms with Crippen molar-refractivity contribution < 1.29 is 4.79 Å². The molecule has 1 amide bonds. The molecule has 1 heterocycles. The second-order valence-electron chi connectivity index (χ2n) is 6.94. The number of benzene rings is 2. The number of carbonyl (C=O) groups is 1. The van der Waals surface area contributed by atoms with Crippen LogP contribution in [0.25, 0.3) is 10.8 Å². The van der Waals surface area contributed by atoms with E-state index in [1.165, 1.54) is 10.2 Å². The maximum absolute atomic E-state index is 12.8. The van der Waals surface area contributed by atoms with E-state index in [-0.39, 0.29) is 23.1 Å². The van der Waals surface area contributed by atoms with Crippen LogP contribution in [0, 0.1) is 12.8 Å². The molecule has 0 spiro atoms. The summed E-state index contributed by atoms with van der Waals surface area (Å²) in [7, 11) is 0. The van der Waals surface area contributed by atoms with E-state index >= 15 is 0 Å². The van der Waals surface area contributed by atoms with E-state index in [1.807, 2.05) is 51.1 Å². The van der Waals surface area contributed by atoms with E-state index in [0.29, 0.717) is 23.9 Å². The van der Waals surface area contributed by atoms with Crippen molar-refractivity contribution in [2.45, 2.75) is 33.9 Å². The average Bonchev–Trinajstić information content (AvgIpc) is 2.63. The Bertz CT molecular complexity index is 988. The van der Waals surface area contributed by atoms with Gasteiger partial charge in [0.15, 0.2) is 5.69 Å². The summed E-state index contributed by atoms with van der Waals surface area (Å²) < 4.78 is 1.40. The average molecular weight is 349 g/mol. The summed E-state index contributed by atoms with van der Waals surface area (Å²) in [5, 5.41) is 8.37. The van der Waals surface area contributed by atoms with Crippen LogP contribution in [-0.2, 0) is 13.1 Å². The Morgan fingerprint density at radius 1 is 1.08 bits per heavy atom. The topological polar surface area (TPSA) is 64.0 Å². The fourth-order valence-electron chi connectivity index (χ4n) is 2.84. The molecule has 0 aliphatic rings. The van der Waals surface area contributed by atoms with Crippen LogP contribution in [-0.4, -0.2) is 15.7 Å². The molecule has 0 fully saturated rings.